The molecule has 39 heavy (non-hydrogen) atoms. The molecule has 0 saturated heterocycles. The minimum absolute atomic E-state index is 0.121. The van der Waals surface area contributed by atoms with Crippen molar-refractivity contribution in [3.63, 3.8) is 0 Å². The van der Waals surface area contributed by atoms with Crippen molar-refractivity contribution in [3.05, 3.63) is 88.7 Å². The van der Waals surface area contributed by atoms with Crippen molar-refractivity contribution < 1.29 is 19.1 Å². The molecule has 0 atom stereocenters. The maximum Gasteiger partial charge on any atom is 0.258 e. The molecule has 0 saturated carbocycles. The van der Waals surface area contributed by atoms with Crippen molar-refractivity contribution in [1.82, 2.24) is 20.1 Å². The molecule has 0 spiro atoms. The van der Waals surface area contributed by atoms with E-state index in [1.54, 1.807) is 55.6 Å². The van der Waals surface area contributed by atoms with Crippen LogP contribution in [-0.4, -0.2) is 46.0 Å². The van der Waals surface area contributed by atoms with E-state index in [1.165, 1.54) is 11.8 Å². The zero-order valence-electron chi connectivity index (χ0n) is 21.7. The number of aromatic nitrogens is 3. The largest absolute Gasteiger partial charge is 0.497 e. The smallest absolute Gasteiger partial charge is 0.258 e. The normalized spacial score (nSPS) is 10.7. The molecular formula is C28H28ClN5O4S. The molecule has 4 rings (SSSR count). The lowest BCUT2D eigenvalue weighted by Crippen LogP contribution is -2.29. The van der Waals surface area contributed by atoms with Crippen molar-refractivity contribution in [1.29, 1.82) is 0 Å². The van der Waals surface area contributed by atoms with Gasteiger partial charge in [0, 0.05) is 10.7 Å². The second-order valence-corrected chi connectivity index (χ2v) is 9.99. The molecule has 9 nitrogen and oxygen atoms in total. The Bertz CT molecular complexity index is 1440. The van der Waals surface area contributed by atoms with Crippen LogP contribution in [0.15, 0.2) is 71.9 Å². The van der Waals surface area contributed by atoms with Gasteiger partial charge < -0.3 is 20.1 Å². The van der Waals surface area contributed by atoms with E-state index >= 15 is 0 Å². The third-order valence-electron chi connectivity index (χ3n) is 5.64. The lowest BCUT2D eigenvalue weighted by atomic mass is 10.1. The van der Waals surface area contributed by atoms with E-state index in [1.807, 2.05) is 36.6 Å². The Hall–Kier alpha value is -4.02. The van der Waals surface area contributed by atoms with Crippen LogP contribution in [0.25, 0.3) is 5.69 Å². The fourth-order valence-corrected chi connectivity index (χ4v) is 4.51. The summed E-state index contributed by atoms with van der Waals surface area (Å²) in [6.45, 7) is 3.95. The topological polar surface area (TPSA) is 107 Å². The number of aryl methyl sites for hydroxylation is 2. The number of ether oxygens (including phenoxy) is 2. The zero-order valence-corrected chi connectivity index (χ0v) is 23.3. The Balaban J connectivity index is 1.44. The van der Waals surface area contributed by atoms with Gasteiger partial charge in [-0.2, -0.15) is 0 Å². The van der Waals surface area contributed by atoms with Crippen LogP contribution in [0.1, 0.15) is 17.0 Å². The standard InChI is InChI=1S/C28H28ClN5O4S/c1-18-4-5-19(2)24(14-18)34-25(15-30-26(35)16-38-23-10-6-20(29)7-11-23)32-33-28(34)39-17-27(36)31-21-8-12-22(37-3)13-9-21/h4-14H,15-17H2,1-3H3,(H,30,35)(H,31,36). The van der Waals surface area contributed by atoms with E-state index in [9.17, 15) is 9.59 Å². The number of amides is 2. The molecule has 0 radical (unpaired) electrons. The summed E-state index contributed by atoms with van der Waals surface area (Å²) < 4.78 is 12.5. The highest BCUT2D eigenvalue weighted by atomic mass is 35.5. The molecule has 1 aromatic heterocycles. The number of hydrogen-bond acceptors (Lipinski definition) is 7. The molecule has 202 valence electrons. The van der Waals surface area contributed by atoms with Crippen LogP contribution >= 0.6 is 23.4 Å². The summed E-state index contributed by atoms with van der Waals surface area (Å²) in [6.07, 6.45) is 0. The number of nitrogens with one attached hydrogen (secondary N) is 2. The Morgan fingerprint density at radius 2 is 1.67 bits per heavy atom. The molecule has 0 aliphatic carbocycles. The van der Waals surface area contributed by atoms with Crippen molar-refractivity contribution in [2.75, 3.05) is 24.8 Å². The van der Waals surface area contributed by atoms with Gasteiger partial charge in [-0.05, 0) is 79.6 Å². The first-order valence-corrected chi connectivity index (χ1v) is 13.4. The number of halogens is 1. The predicted molar refractivity (Wildman–Crippen MR) is 152 cm³/mol. The summed E-state index contributed by atoms with van der Waals surface area (Å²) in [7, 11) is 1.59. The van der Waals surface area contributed by atoms with Gasteiger partial charge in [-0.1, -0.05) is 35.5 Å². The number of anilines is 1. The Kier molecular flexibility index (Phi) is 9.45. The van der Waals surface area contributed by atoms with Crippen LogP contribution < -0.4 is 20.1 Å². The van der Waals surface area contributed by atoms with Crippen molar-refractivity contribution in [2.45, 2.75) is 25.5 Å². The summed E-state index contributed by atoms with van der Waals surface area (Å²) >= 11 is 7.15. The molecule has 11 heteroatoms. The number of nitrogens with zero attached hydrogens (tertiary/aromatic N) is 3. The monoisotopic (exact) mass is 565 g/mol. The fourth-order valence-electron chi connectivity index (χ4n) is 3.62. The van der Waals surface area contributed by atoms with Gasteiger partial charge in [0.05, 0.1) is 25.1 Å². The van der Waals surface area contributed by atoms with Gasteiger partial charge in [0.25, 0.3) is 5.91 Å². The van der Waals surface area contributed by atoms with Crippen molar-refractivity contribution in [2.24, 2.45) is 0 Å². The van der Waals surface area contributed by atoms with E-state index in [0.717, 1.165) is 16.8 Å². The number of carbonyl (C=O) groups is 2. The van der Waals surface area contributed by atoms with Crippen LogP contribution in [0.4, 0.5) is 5.69 Å². The van der Waals surface area contributed by atoms with Crippen LogP contribution in [0.5, 0.6) is 11.5 Å². The van der Waals surface area contributed by atoms with Gasteiger partial charge in [-0.3, -0.25) is 14.2 Å². The molecule has 1 heterocycles. The molecule has 0 aliphatic rings. The molecule has 0 bridgehead atoms. The van der Waals surface area contributed by atoms with Gasteiger partial charge in [0.15, 0.2) is 17.6 Å². The Morgan fingerprint density at radius 1 is 0.949 bits per heavy atom. The van der Waals surface area contributed by atoms with Gasteiger partial charge in [0.2, 0.25) is 5.91 Å². The SMILES string of the molecule is COc1ccc(NC(=O)CSc2nnc(CNC(=O)COc3ccc(Cl)cc3)n2-c2cc(C)ccc2C)cc1. The molecular weight excluding hydrogens is 538 g/mol. The van der Waals surface area contributed by atoms with Gasteiger partial charge in [0.1, 0.15) is 11.5 Å². The zero-order chi connectivity index (χ0) is 27.8. The minimum Gasteiger partial charge on any atom is -0.497 e. The molecule has 2 N–H and O–H groups in total. The van der Waals surface area contributed by atoms with Crippen molar-refractivity contribution in [3.8, 4) is 17.2 Å². The third-order valence-corrected chi connectivity index (χ3v) is 6.82. The van der Waals surface area contributed by atoms with E-state index in [-0.39, 0.29) is 30.7 Å². The molecule has 0 unspecified atom stereocenters. The Labute approximate surface area is 235 Å². The number of hydrogen-bond donors (Lipinski definition) is 2. The van der Waals surface area contributed by atoms with E-state index in [0.29, 0.717) is 33.2 Å². The number of carbonyl (C=O) groups excluding carboxylic acids is 2. The van der Waals surface area contributed by atoms with E-state index in [2.05, 4.69) is 20.8 Å². The van der Waals surface area contributed by atoms with Crippen LogP contribution in [-0.2, 0) is 16.1 Å². The summed E-state index contributed by atoms with van der Waals surface area (Å²) in [5, 5.41) is 15.5. The lowest BCUT2D eigenvalue weighted by Gasteiger charge is -2.14. The number of benzene rings is 3. The average Bonchev–Trinajstić information content (AvgIpc) is 3.34. The second-order valence-electron chi connectivity index (χ2n) is 8.61. The van der Waals surface area contributed by atoms with Crippen molar-refractivity contribution >= 4 is 40.9 Å². The number of thioether (sulfide) groups is 1. The summed E-state index contributed by atoms with van der Waals surface area (Å²) in [4.78, 5) is 25.1. The van der Waals surface area contributed by atoms with Gasteiger partial charge >= 0.3 is 0 Å². The first-order chi connectivity index (χ1) is 18.8. The maximum atomic E-state index is 12.6. The predicted octanol–water partition coefficient (Wildman–Crippen LogP) is 4.97. The molecule has 2 amide bonds. The molecule has 0 fully saturated rings. The van der Waals surface area contributed by atoms with Gasteiger partial charge in [-0.15, -0.1) is 10.2 Å². The van der Waals surface area contributed by atoms with E-state index < -0.39 is 0 Å². The minimum atomic E-state index is -0.312. The van der Waals surface area contributed by atoms with Crippen LogP contribution in [0.2, 0.25) is 5.02 Å². The molecule has 3 aromatic carbocycles. The Morgan fingerprint density at radius 3 is 2.38 bits per heavy atom. The van der Waals surface area contributed by atoms with E-state index in [4.69, 9.17) is 21.1 Å². The first kappa shape index (κ1) is 28.0. The lowest BCUT2D eigenvalue weighted by molar-refractivity contribution is -0.123. The molecule has 4 aromatic rings. The molecule has 0 aliphatic heterocycles. The summed E-state index contributed by atoms with van der Waals surface area (Å²) in [5.41, 5.74) is 3.61. The van der Waals surface area contributed by atoms with Gasteiger partial charge in [-0.25, -0.2) is 0 Å². The maximum absolute atomic E-state index is 12.6. The highest BCUT2D eigenvalue weighted by Crippen LogP contribution is 2.26. The second kappa shape index (κ2) is 13.2. The highest BCUT2D eigenvalue weighted by Gasteiger charge is 2.18. The number of methoxy groups -OCH3 is 1. The summed E-state index contributed by atoms with van der Waals surface area (Å²) in [5.74, 6) is 1.40. The van der Waals surface area contributed by atoms with Crippen LogP contribution in [0, 0.1) is 13.8 Å². The summed E-state index contributed by atoms with van der Waals surface area (Å²) in [6, 6.07) is 19.9. The highest BCUT2D eigenvalue weighted by molar-refractivity contribution is 7.99. The quantitative estimate of drug-likeness (QED) is 0.247. The fraction of sp³-hybridized carbons (Fsp3) is 0.214. The third kappa shape index (κ3) is 7.75. The average molecular weight is 566 g/mol. The number of rotatable bonds is 11. The van der Waals surface area contributed by atoms with Crippen LogP contribution in [0.3, 0.4) is 0 Å². The first-order valence-electron chi connectivity index (χ1n) is 12.1.